The highest BCUT2D eigenvalue weighted by molar-refractivity contribution is 14.0. The van der Waals surface area contributed by atoms with Gasteiger partial charge in [0.05, 0.1) is 7.11 Å². The van der Waals surface area contributed by atoms with Gasteiger partial charge < -0.3 is 20.3 Å². The van der Waals surface area contributed by atoms with Crippen molar-refractivity contribution in [3.63, 3.8) is 0 Å². The largest absolute Gasteiger partial charge is 0.497 e. The third-order valence-electron chi connectivity index (χ3n) is 4.64. The molecule has 0 bridgehead atoms. The molecular formula is C22H33IN4O. The Morgan fingerprint density at radius 1 is 1.00 bits per heavy atom. The van der Waals surface area contributed by atoms with Crippen molar-refractivity contribution < 1.29 is 4.74 Å². The second-order valence-corrected chi connectivity index (χ2v) is 6.79. The Balaban J connectivity index is 0.00000392. The summed E-state index contributed by atoms with van der Waals surface area (Å²) in [6, 6.07) is 19.2. The van der Waals surface area contributed by atoms with Gasteiger partial charge in [0.1, 0.15) is 5.75 Å². The molecule has 1 atom stereocenters. The van der Waals surface area contributed by atoms with E-state index in [-0.39, 0.29) is 24.0 Å². The fourth-order valence-corrected chi connectivity index (χ4v) is 2.88. The zero-order chi connectivity index (χ0) is 19.5. The fourth-order valence-electron chi connectivity index (χ4n) is 2.88. The van der Waals surface area contributed by atoms with Gasteiger partial charge in [0.2, 0.25) is 0 Å². The number of aliphatic imine (C=N–C) groups is 1. The fraction of sp³-hybridized carbons (Fsp3) is 0.409. The first-order valence-corrected chi connectivity index (χ1v) is 9.40. The molecule has 0 saturated carbocycles. The van der Waals surface area contributed by atoms with Crippen LogP contribution in [0, 0.1) is 0 Å². The monoisotopic (exact) mass is 496 g/mol. The van der Waals surface area contributed by atoms with E-state index in [1.807, 2.05) is 19.2 Å². The van der Waals surface area contributed by atoms with Crippen LogP contribution in [0.1, 0.15) is 11.1 Å². The van der Waals surface area contributed by atoms with Crippen molar-refractivity contribution in [2.75, 3.05) is 41.3 Å². The molecule has 0 saturated heterocycles. The third kappa shape index (κ3) is 8.48. The van der Waals surface area contributed by atoms with E-state index in [1.54, 1.807) is 7.11 Å². The number of nitrogens with zero attached hydrogens (tertiary/aromatic N) is 2. The molecule has 5 nitrogen and oxygen atoms in total. The summed E-state index contributed by atoms with van der Waals surface area (Å²) in [7, 11) is 7.74. The zero-order valence-corrected chi connectivity index (χ0v) is 19.6. The Hall–Kier alpha value is -1.80. The van der Waals surface area contributed by atoms with E-state index in [0.717, 1.165) is 37.6 Å². The van der Waals surface area contributed by atoms with Crippen molar-refractivity contribution in [1.82, 2.24) is 15.5 Å². The molecule has 2 rings (SSSR count). The van der Waals surface area contributed by atoms with Gasteiger partial charge in [-0.2, -0.15) is 0 Å². The maximum Gasteiger partial charge on any atom is 0.191 e. The number of hydrogen-bond donors (Lipinski definition) is 2. The lowest BCUT2D eigenvalue weighted by atomic mass is 10.1. The van der Waals surface area contributed by atoms with Gasteiger partial charge in [-0.1, -0.05) is 42.5 Å². The van der Waals surface area contributed by atoms with Gasteiger partial charge in [0.25, 0.3) is 0 Å². The molecular weight excluding hydrogens is 463 g/mol. The summed E-state index contributed by atoms with van der Waals surface area (Å²) in [6.07, 6.45) is 1.94. The number of ether oxygens (including phenoxy) is 1. The van der Waals surface area contributed by atoms with Gasteiger partial charge in [0.15, 0.2) is 5.96 Å². The maximum atomic E-state index is 5.20. The lowest BCUT2D eigenvalue weighted by Crippen LogP contribution is -2.46. The number of halogens is 1. The number of methoxy groups -OCH3 is 1. The molecule has 2 aromatic carbocycles. The van der Waals surface area contributed by atoms with E-state index >= 15 is 0 Å². The Labute approximate surface area is 186 Å². The van der Waals surface area contributed by atoms with Crippen molar-refractivity contribution in [2.45, 2.75) is 18.9 Å². The van der Waals surface area contributed by atoms with Crippen molar-refractivity contribution in [3.05, 3.63) is 65.7 Å². The number of likely N-dealkylation sites (N-methyl/N-ethyl adjacent to an activating group) is 1. The number of guanidine groups is 1. The molecule has 6 heteroatoms. The molecule has 0 amide bonds. The van der Waals surface area contributed by atoms with Gasteiger partial charge in [-0.15, -0.1) is 24.0 Å². The third-order valence-corrected chi connectivity index (χ3v) is 4.64. The van der Waals surface area contributed by atoms with Crippen LogP contribution < -0.4 is 15.4 Å². The normalized spacial score (nSPS) is 12.2. The van der Waals surface area contributed by atoms with Crippen molar-refractivity contribution in [2.24, 2.45) is 4.99 Å². The molecule has 1 unspecified atom stereocenters. The van der Waals surface area contributed by atoms with Crippen molar-refractivity contribution in [3.8, 4) is 5.75 Å². The Morgan fingerprint density at radius 2 is 1.68 bits per heavy atom. The average molecular weight is 496 g/mol. The predicted octanol–water partition coefficient (Wildman–Crippen LogP) is 3.19. The van der Waals surface area contributed by atoms with E-state index in [2.05, 4.69) is 77.1 Å². The molecule has 0 heterocycles. The molecule has 0 fully saturated rings. The van der Waals surface area contributed by atoms with E-state index < -0.39 is 0 Å². The van der Waals surface area contributed by atoms with Crippen LogP contribution in [0.15, 0.2) is 59.6 Å². The van der Waals surface area contributed by atoms with Gasteiger partial charge >= 0.3 is 0 Å². The highest BCUT2D eigenvalue weighted by Crippen LogP contribution is 2.11. The highest BCUT2D eigenvalue weighted by atomic mass is 127. The van der Waals surface area contributed by atoms with Crippen LogP contribution in [-0.2, 0) is 12.8 Å². The first-order valence-electron chi connectivity index (χ1n) is 9.40. The molecule has 0 aliphatic heterocycles. The number of nitrogens with one attached hydrogen (secondary N) is 2. The Morgan fingerprint density at radius 3 is 2.25 bits per heavy atom. The lowest BCUT2D eigenvalue weighted by molar-refractivity contribution is 0.290. The quantitative estimate of drug-likeness (QED) is 0.318. The van der Waals surface area contributed by atoms with Gasteiger partial charge in [-0.3, -0.25) is 4.99 Å². The smallest absolute Gasteiger partial charge is 0.191 e. The predicted molar refractivity (Wildman–Crippen MR) is 129 cm³/mol. The molecule has 28 heavy (non-hydrogen) atoms. The second kappa shape index (κ2) is 13.4. The molecule has 0 spiro atoms. The highest BCUT2D eigenvalue weighted by Gasteiger charge is 2.13. The Bertz CT molecular complexity index is 689. The minimum atomic E-state index is 0. The standard InChI is InChI=1S/C22H32N4O.HI/c1-23-22(24-15-14-18-10-12-21(27-4)13-11-18)25-17-20(26(2)3)16-19-8-6-5-7-9-19;/h5-13,20H,14-17H2,1-4H3,(H2,23,24,25);1H. The van der Waals surface area contributed by atoms with E-state index in [9.17, 15) is 0 Å². The molecule has 2 N–H and O–H groups in total. The SMILES string of the molecule is CN=C(NCCc1ccc(OC)cc1)NCC(Cc1ccccc1)N(C)C.I. The number of benzene rings is 2. The zero-order valence-electron chi connectivity index (χ0n) is 17.3. The topological polar surface area (TPSA) is 48.9 Å². The van der Waals surface area contributed by atoms with Gasteiger partial charge in [0, 0.05) is 26.2 Å². The minimum absolute atomic E-state index is 0. The van der Waals surface area contributed by atoms with Crippen LogP contribution in [-0.4, -0.2) is 58.2 Å². The summed E-state index contributed by atoms with van der Waals surface area (Å²) in [5, 5.41) is 6.85. The average Bonchev–Trinajstić information content (AvgIpc) is 2.70. The Kier molecular flexibility index (Phi) is 11.6. The summed E-state index contributed by atoms with van der Waals surface area (Å²) in [4.78, 5) is 6.60. The lowest BCUT2D eigenvalue weighted by Gasteiger charge is -2.25. The first-order chi connectivity index (χ1) is 13.1. The molecule has 0 aromatic heterocycles. The van der Waals surface area contributed by atoms with E-state index in [1.165, 1.54) is 11.1 Å². The summed E-state index contributed by atoms with van der Waals surface area (Å²) in [5.41, 5.74) is 2.62. The summed E-state index contributed by atoms with van der Waals surface area (Å²) >= 11 is 0. The van der Waals surface area contributed by atoms with Crippen molar-refractivity contribution in [1.29, 1.82) is 0 Å². The van der Waals surface area contributed by atoms with Crippen LogP contribution in [0.4, 0.5) is 0 Å². The first kappa shape index (κ1) is 24.2. The van der Waals surface area contributed by atoms with Crippen LogP contribution >= 0.6 is 24.0 Å². The van der Waals surface area contributed by atoms with Crippen LogP contribution in [0.2, 0.25) is 0 Å². The van der Waals surface area contributed by atoms with Crippen LogP contribution in [0.3, 0.4) is 0 Å². The number of rotatable bonds is 9. The van der Waals surface area contributed by atoms with Gasteiger partial charge in [-0.05, 0) is 50.2 Å². The number of hydrogen-bond acceptors (Lipinski definition) is 3. The summed E-state index contributed by atoms with van der Waals surface area (Å²) < 4.78 is 5.20. The summed E-state index contributed by atoms with van der Waals surface area (Å²) in [6.45, 7) is 1.67. The molecule has 0 radical (unpaired) electrons. The summed E-state index contributed by atoms with van der Waals surface area (Å²) in [5.74, 6) is 1.72. The minimum Gasteiger partial charge on any atom is -0.497 e. The molecule has 154 valence electrons. The van der Waals surface area contributed by atoms with E-state index in [4.69, 9.17) is 4.74 Å². The van der Waals surface area contributed by atoms with Crippen molar-refractivity contribution >= 4 is 29.9 Å². The molecule has 0 aliphatic rings. The van der Waals surface area contributed by atoms with E-state index in [0.29, 0.717) is 6.04 Å². The molecule has 0 aliphatic carbocycles. The maximum absolute atomic E-state index is 5.20. The molecule has 2 aromatic rings. The van der Waals surface area contributed by atoms with Gasteiger partial charge in [-0.25, -0.2) is 0 Å². The second-order valence-electron chi connectivity index (χ2n) is 6.79. The van der Waals surface area contributed by atoms with Crippen LogP contribution in [0.5, 0.6) is 5.75 Å². The van der Waals surface area contributed by atoms with Crippen LogP contribution in [0.25, 0.3) is 0 Å².